The Morgan fingerprint density at radius 3 is 2.39 bits per heavy atom. The molecule has 0 aromatic heterocycles. The zero-order valence-electron chi connectivity index (χ0n) is 14.0. The van der Waals surface area contributed by atoms with E-state index in [0.717, 1.165) is 37.2 Å². The maximum atomic E-state index is 6.33. The first kappa shape index (κ1) is 17.7. The molecule has 4 nitrogen and oxygen atoms in total. The lowest BCUT2D eigenvalue weighted by molar-refractivity contribution is 0.0401. The Kier molecular flexibility index (Phi) is 6.84. The van der Waals surface area contributed by atoms with Crippen LogP contribution in [0, 0.1) is 0 Å². The Balaban J connectivity index is 1.87. The van der Waals surface area contributed by atoms with Crippen molar-refractivity contribution in [2.24, 2.45) is 5.73 Å². The Morgan fingerprint density at radius 2 is 1.83 bits per heavy atom. The molecule has 0 aliphatic heterocycles. The van der Waals surface area contributed by atoms with Gasteiger partial charge in [0, 0.05) is 25.2 Å². The van der Waals surface area contributed by atoms with Gasteiger partial charge < -0.3 is 15.2 Å². The van der Waals surface area contributed by atoms with Crippen molar-refractivity contribution in [2.45, 2.75) is 37.6 Å². The van der Waals surface area contributed by atoms with Crippen molar-refractivity contribution in [3.63, 3.8) is 0 Å². The van der Waals surface area contributed by atoms with Gasteiger partial charge in [-0.05, 0) is 30.5 Å². The van der Waals surface area contributed by atoms with Crippen LogP contribution in [0.25, 0.3) is 0 Å². The average Bonchev–Trinajstić information content (AvgIpc) is 2.94. The lowest BCUT2D eigenvalue weighted by atomic mass is 10.1. The Labute approximate surface area is 139 Å². The highest BCUT2D eigenvalue weighted by Gasteiger charge is 2.35. The fraction of sp³-hybridized carbons (Fsp3) is 0.474. The minimum atomic E-state index is 0.135. The maximum Gasteiger partial charge on any atom is 0.118 e. The molecule has 0 saturated heterocycles. The normalized spacial score (nSPS) is 23.9. The second kappa shape index (κ2) is 8.87. The van der Waals surface area contributed by atoms with Gasteiger partial charge in [0.2, 0.25) is 0 Å². The van der Waals surface area contributed by atoms with Crippen LogP contribution in [0.2, 0.25) is 0 Å². The molecule has 1 aromatic rings. The zero-order valence-corrected chi connectivity index (χ0v) is 14.0. The van der Waals surface area contributed by atoms with Crippen molar-refractivity contribution in [3.05, 3.63) is 55.1 Å². The Morgan fingerprint density at radius 1 is 1.17 bits per heavy atom. The first-order chi connectivity index (χ1) is 11.2. The van der Waals surface area contributed by atoms with Crippen LogP contribution in [0.15, 0.2) is 49.6 Å². The quantitative estimate of drug-likeness (QED) is 0.712. The smallest absolute Gasteiger partial charge is 0.118 e. The number of nitrogens with two attached hydrogens (primary N) is 1. The van der Waals surface area contributed by atoms with E-state index >= 15 is 0 Å². The van der Waals surface area contributed by atoms with Crippen LogP contribution in [0.4, 0.5) is 0 Å². The molecule has 23 heavy (non-hydrogen) atoms. The molecule has 1 aliphatic carbocycles. The van der Waals surface area contributed by atoms with Crippen molar-refractivity contribution < 1.29 is 9.47 Å². The van der Waals surface area contributed by atoms with E-state index in [2.05, 4.69) is 18.1 Å². The van der Waals surface area contributed by atoms with Crippen molar-refractivity contribution in [2.75, 3.05) is 20.2 Å². The van der Waals surface area contributed by atoms with Crippen LogP contribution in [0.5, 0.6) is 5.75 Å². The third-order valence-electron chi connectivity index (χ3n) is 4.37. The summed E-state index contributed by atoms with van der Waals surface area (Å²) >= 11 is 0. The van der Waals surface area contributed by atoms with Gasteiger partial charge in [0.25, 0.3) is 0 Å². The summed E-state index contributed by atoms with van der Waals surface area (Å²) in [7, 11) is 1.67. The van der Waals surface area contributed by atoms with Crippen LogP contribution in [0.1, 0.15) is 18.4 Å². The molecule has 2 N–H and O–H groups in total. The number of nitrogens with zero attached hydrogens (tertiary/aromatic N) is 1. The minimum absolute atomic E-state index is 0.135. The van der Waals surface area contributed by atoms with Gasteiger partial charge in [0.05, 0.1) is 19.8 Å². The third kappa shape index (κ3) is 4.93. The predicted octanol–water partition coefficient (Wildman–Crippen LogP) is 2.74. The molecule has 0 spiro atoms. The van der Waals surface area contributed by atoms with Crippen molar-refractivity contribution in [1.29, 1.82) is 0 Å². The summed E-state index contributed by atoms with van der Waals surface area (Å²) in [4.78, 5) is 2.32. The highest BCUT2D eigenvalue weighted by Crippen LogP contribution is 2.27. The molecule has 1 aliphatic rings. The molecule has 0 radical (unpaired) electrons. The van der Waals surface area contributed by atoms with Gasteiger partial charge in [-0.15, -0.1) is 13.2 Å². The van der Waals surface area contributed by atoms with Gasteiger partial charge in [0.1, 0.15) is 5.75 Å². The molecule has 2 rings (SSSR count). The molecule has 1 fully saturated rings. The molecule has 0 amide bonds. The van der Waals surface area contributed by atoms with Crippen LogP contribution in [-0.4, -0.2) is 43.3 Å². The van der Waals surface area contributed by atoms with E-state index in [4.69, 9.17) is 15.2 Å². The van der Waals surface area contributed by atoms with Gasteiger partial charge in [0.15, 0.2) is 0 Å². The van der Waals surface area contributed by atoms with Crippen molar-refractivity contribution in [3.8, 4) is 5.75 Å². The van der Waals surface area contributed by atoms with Gasteiger partial charge in [-0.25, -0.2) is 0 Å². The van der Waals surface area contributed by atoms with E-state index in [9.17, 15) is 0 Å². The van der Waals surface area contributed by atoms with Crippen LogP contribution in [-0.2, 0) is 11.3 Å². The SMILES string of the molecule is C=CCN(CC=C)[C@@H]1C[C@H](OCc2ccc(OC)cc2)C[C@H]1N. The highest BCUT2D eigenvalue weighted by atomic mass is 16.5. The Hall–Kier alpha value is -1.62. The molecule has 3 atom stereocenters. The molecule has 1 saturated carbocycles. The van der Waals surface area contributed by atoms with Gasteiger partial charge in [-0.2, -0.15) is 0 Å². The summed E-state index contributed by atoms with van der Waals surface area (Å²) in [5, 5.41) is 0. The number of hydrogen-bond donors (Lipinski definition) is 1. The molecular weight excluding hydrogens is 288 g/mol. The summed E-state index contributed by atoms with van der Waals surface area (Å²) < 4.78 is 11.2. The fourth-order valence-corrected chi connectivity index (χ4v) is 3.17. The van der Waals surface area contributed by atoms with Crippen LogP contribution in [0.3, 0.4) is 0 Å². The first-order valence-corrected chi connectivity index (χ1v) is 8.13. The molecule has 126 valence electrons. The second-order valence-electron chi connectivity index (χ2n) is 6.01. The molecule has 0 heterocycles. The Bertz CT molecular complexity index is 491. The molecule has 4 heteroatoms. The fourth-order valence-electron chi connectivity index (χ4n) is 3.17. The lowest BCUT2D eigenvalue weighted by Crippen LogP contribution is -2.44. The van der Waals surface area contributed by atoms with Gasteiger partial charge in [-0.1, -0.05) is 24.3 Å². The van der Waals surface area contributed by atoms with Crippen molar-refractivity contribution >= 4 is 0 Å². The monoisotopic (exact) mass is 316 g/mol. The maximum absolute atomic E-state index is 6.33. The largest absolute Gasteiger partial charge is 0.497 e. The number of rotatable bonds is 9. The lowest BCUT2D eigenvalue weighted by Gasteiger charge is -2.29. The molecular formula is C19H28N2O2. The van der Waals surface area contributed by atoms with E-state index in [1.165, 1.54) is 0 Å². The summed E-state index contributed by atoms with van der Waals surface area (Å²) in [6, 6.07) is 8.44. The number of hydrogen-bond acceptors (Lipinski definition) is 4. The summed E-state index contributed by atoms with van der Waals surface area (Å²) in [6.07, 6.45) is 5.89. The third-order valence-corrected chi connectivity index (χ3v) is 4.37. The summed E-state index contributed by atoms with van der Waals surface area (Å²) in [5.41, 5.74) is 7.48. The zero-order chi connectivity index (χ0) is 16.7. The predicted molar refractivity (Wildman–Crippen MR) is 94.5 cm³/mol. The van der Waals surface area contributed by atoms with Gasteiger partial charge in [-0.3, -0.25) is 4.90 Å². The molecule has 0 bridgehead atoms. The molecule has 1 aromatic carbocycles. The highest BCUT2D eigenvalue weighted by molar-refractivity contribution is 5.26. The van der Waals surface area contributed by atoms with Crippen LogP contribution >= 0.6 is 0 Å². The summed E-state index contributed by atoms with van der Waals surface area (Å²) in [5.74, 6) is 0.862. The number of methoxy groups -OCH3 is 1. The topological polar surface area (TPSA) is 47.7 Å². The van der Waals surface area contributed by atoms with Gasteiger partial charge >= 0.3 is 0 Å². The van der Waals surface area contributed by atoms with E-state index < -0.39 is 0 Å². The standard InChI is InChI=1S/C19H28N2O2/c1-4-10-21(11-5-2)19-13-17(12-18(19)20)23-14-15-6-8-16(22-3)9-7-15/h4-9,17-19H,1-2,10-14,20H2,3H3/t17-,18-,19-/m1/s1. The average molecular weight is 316 g/mol. The first-order valence-electron chi connectivity index (χ1n) is 8.13. The van der Waals surface area contributed by atoms with E-state index in [1.807, 2.05) is 36.4 Å². The van der Waals surface area contributed by atoms with Crippen LogP contribution < -0.4 is 10.5 Å². The molecule has 0 unspecified atom stereocenters. The second-order valence-corrected chi connectivity index (χ2v) is 6.01. The van der Waals surface area contributed by atoms with Crippen molar-refractivity contribution in [1.82, 2.24) is 4.90 Å². The summed E-state index contributed by atoms with van der Waals surface area (Å²) in [6.45, 7) is 9.93. The van der Waals surface area contributed by atoms with E-state index in [-0.39, 0.29) is 12.1 Å². The van der Waals surface area contributed by atoms with E-state index in [0.29, 0.717) is 12.6 Å². The number of benzene rings is 1. The number of ether oxygens (including phenoxy) is 2. The van der Waals surface area contributed by atoms with E-state index in [1.54, 1.807) is 7.11 Å². The minimum Gasteiger partial charge on any atom is -0.497 e.